The van der Waals surface area contributed by atoms with Crippen LogP contribution in [-0.4, -0.2) is 7.05 Å². The van der Waals surface area contributed by atoms with Crippen LogP contribution in [-0.2, 0) is 5.54 Å². The van der Waals surface area contributed by atoms with Crippen molar-refractivity contribution >= 4 is 21.4 Å². The standard InChI is InChI=1S/C12H13NS/c1-13-12(6-7-12)10-3-2-4-11-9(10)5-8-14-11/h2-5,8,13H,6-7H2,1H3. The van der Waals surface area contributed by atoms with Gasteiger partial charge < -0.3 is 5.32 Å². The molecule has 1 aliphatic carbocycles. The fraction of sp³-hybridized carbons (Fsp3) is 0.333. The molecule has 1 aromatic carbocycles. The lowest BCUT2D eigenvalue weighted by Crippen LogP contribution is -2.24. The molecule has 0 bridgehead atoms. The summed E-state index contributed by atoms with van der Waals surface area (Å²) in [6.07, 6.45) is 2.55. The predicted octanol–water partition coefficient (Wildman–Crippen LogP) is 3.11. The van der Waals surface area contributed by atoms with Crippen LogP contribution in [0.1, 0.15) is 18.4 Å². The summed E-state index contributed by atoms with van der Waals surface area (Å²) in [5.41, 5.74) is 1.78. The summed E-state index contributed by atoms with van der Waals surface area (Å²) in [7, 11) is 2.07. The summed E-state index contributed by atoms with van der Waals surface area (Å²) in [5, 5.41) is 7.07. The topological polar surface area (TPSA) is 12.0 Å². The minimum atomic E-state index is 0.292. The molecule has 3 rings (SSSR count). The smallest absolute Gasteiger partial charge is 0.0440 e. The van der Waals surface area contributed by atoms with Gasteiger partial charge in [0.15, 0.2) is 0 Å². The van der Waals surface area contributed by atoms with E-state index < -0.39 is 0 Å². The van der Waals surface area contributed by atoms with Gasteiger partial charge in [0, 0.05) is 10.2 Å². The van der Waals surface area contributed by atoms with Crippen LogP contribution in [0.3, 0.4) is 0 Å². The summed E-state index contributed by atoms with van der Waals surface area (Å²) in [5.74, 6) is 0. The van der Waals surface area contributed by atoms with Gasteiger partial charge in [0.05, 0.1) is 0 Å². The molecule has 0 radical (unpaired) electrons. The fourth-order valence-electron chi connectivity index (χ4n) is 2.19. The molecule has 2 aromatic rings. The summed E-state index contributed by atoms with van der Waals surface area (Å²) >= 11 is 1.83. The Hall–Kier alpha value is -0.860. The molecular weight excluding hydrogens is 190 g/mol. The number of benzene rings is 1. The molecule has 1 aliphatic rings. The minimum Gasteiger partial charge on any atom is -0.310 e. The van der Waals surface area contributed by atoms with Crippen molar-refractivity contribution in [2.24, 2.45) is 0 Å². The third-order valence-corrected chi connectivity index (χ3v) is 4.12. The van der Waals surface area contributed by atoms with Crippen molar-refractivity contribution in [1.29, 1.82) is 0 Å². The minimum absolute atomic E-state index is 0.292. The maximum atomic E-state index is 3.46. The van der Waals surface area contributed by atoms with Crippen LogP contribution in [0.25, 0.3) is 10.1 Å². The molecule has 1 heterocycles. The van der Waals surface area contributed by atoms with Crippen molar-refractivity contribution < 1.29 is 0 Å². The average molecular weight is 203 g/mol. The first-order valence-corrected chi connectivity index (χ1v) is 5.89. The van der Waals surface area contributed by atoms with Gasteiger partial charge in [-0.25, -0.2) is 0 Å². The van der Waals surface area contributed by atoms with Crippen molar-refractivity contribution in [3.63, 3.8) is 0 Å². The molecule has 1 aromatic heterocycles. The SMILES string of the molecule is CNC1(c2cccc3sccc23)CC1. The molecule has 72 valence electrons. The molecular formula is C12H13NS. The molecule has 0 saturated heterocycles. The van der Waals surface area contributed by atoms with Gasteiger partial charge in [-0.05, 0) is 48.4 Å². The van der Waals surface area contributed by atoms with Gasteiger partial charge in [0.25, 0.3) is 0 Å². The van der Waals surface area contributed by atoms with Crippen LogP contribution in [0.15, 0.2) is 29.6 Å². The number of hydrogen-bond acceptors (Lipinski definition) is 2. The number of rotatable bonds is 2. The lowest BCUT2D eigenvalue weighted by Gasteiger charge is -2.15. The van der Waals surface area contributed by atoms with Crippen molar-refractivity contribution in [2.75, 3.05) is 7.05 Å². The van der Waals surface area contributed by atoms with Crippen LogP contribution in [0.2, 0.25) is 0 Å². The third-order valence-electron chi connectivity index (χ3n) is 3.24. The quantitative estimate of drug-likeness (QED) is 0.790. The molecule has 1 nitrogen and oxygen atoms in total. The zero-order valence-electron chi connectivity index (χ0n) is 8.21. The molecule has 14 heavy (non-hydrogen) atoms. The molecule has 0 atom stereocenters. The molecule has 1 N–H and O–H groups in total. The highest BCUT2D eigenvalue weighted by Gasteiger charge is 2.43. The molecule has 0 amide bonds. The van der Waals surface area contributed by atoms with E-state index in [1.807, 2.05) is 11.3 Å². The van der Waals surface area contributed by atoms with Gasteiger partial charge >= 0.3 is 0 Å². The summed E-state index contributed by atoms with van der Waals surface area (Å²) in [6, 6.07) is 8.88. The predicted molar refractivity (Wildman–Crippen MR) is 61.8 cm³/mol. The van der Waals surface area contributed by atoms with E-state index in [2.05, 4.69) is 42.0 Å². The molecule has 0 unspecified atom stereocenters. The molecule has 1 saturated carbocycles. The Bertz CT molecular complexity index is 468. The van der Waals surface area contributed by atoms with E-state index in [0.717, 1.165) is 0 Å². The summed E-state index contributed by atoms with van der Waals surface area (Å²) in [4.78, 5) is 0. The first-order chi connectivity index (χ1) is 6.86. The van der Waals surface area contributed by atoms with E-state index >= 15 is 0 Å². The van der Waals surface area contributed by atoms with E-state index in [-0.39, 0.29) is 0 Å². The maximum Gasteiger partial charge on any atom is 0.0440 e. The number of nitrogens with one attached hydrogen (secondary N) is 1. The normalized spacial score (nSPS) is 18.6. The fourth-order valence-corrected chi connectivity index (χ4v) is 3.00. The lowest BCUT2D eigenvalue weighted by molar-refractivity contribution is 0.590. The Labute approximate surface area is 87.8 Å². The number of thiophene rings is 1. The molecule has 2 heteroatoms. The van der Waals surface area contributed by atoms with Crippen LogP contribution in [0.4, 0.5) is 0 Å². The van der Waals surface area contributed by atoms with Crippen molar-refractivity contribution in [3.8, 4) is 0 Å². The average Bonchev–Trinajstić information content (AvgIpc) is 2.87. The van der Waals surface area contributed by atoms with E-state index in [1.54, 1.807) is 0 Å². The van der Waals surface area contributed by atoms with Crippen molar-refractivity contribution in [3.05, 3.63) is 35.2 Å². The zero-order valence-corrected chi connectivity index (χ0v) is 9.03. The molecule has 0 aliphatic heterocycles. The number of fused-ring (bicyclic) bond motifs is 1. The van der Waals surface area contributed by atoms with Crippen LogP contribution in [0.5, 0.6) is 0 Å². The second kappa shape index (κ2) is 2.81. The van der Waals surface area contributed by atoms with Crippen LogP contribution >= 0.6 is 11.3 Å². The first kappa shape index (κ1) is 8.45. The zero-order chi connectivity index (χ0) is 9.60. The third kappa shape index (κ3) is 1.04. The highest BCUT2D eigenvalue weighted by molar-refractivity contribution is 7.17. The summed E-state index contributed by atoms with van der Waals surface area (Å²) < 4.78 is 1.41. The van der Waals surface area contributed by atoms with Gasteiger partial charge in [0.1, 0.15) is 0 Å². The van der Waals surface area contributed by atoms with E-state index in [9.17, 15) is 0 Å². The second-order valence-electron chi connectivity index (χ2n) is 3.97. The largest absolute Gasteiger partial charge is 0.310 e. The molecule has 1 fully saturated rings. The maximum absolute atomic E-state index is 3.46. The van der Waals surface area contributed by atoms with Gasteiger partial charge in [-0.2, -0.15) is 0 Å². The van der Waals surface area contributed by atoms with Gasteiger partial charge in [-0.3, -0.25) is 0 Å². The van der Waals surface area contributed by atoms with E-state index in [1.165, 1.54) is 28.5 Å². The lowest BCUT2D eigenvalue weighted by atomic mass is 10.0. The first-order valence-electron chi connectivity index (χ1n) is 5.01. The monoisotopic (exact) mass is 203 g/mol. The second-order valence-corrected chi connectivity index (χ2v) is 4.92. The van der Waals surface area contributed by atoms with Crippen LogP contribution < -0.4 is 5.32 Å². The van der Waals surface area contributed by atoms with Crippen LogP contribution in [0, 0.1) is 0 Å². The highest BCUT2D eigenvalue weighted by Crippen LogP contribution is 2.47. The van der Waals surface area contributed by atoms with Gasteiger partial charge in [-0.15, -0.1) is 11.3 Å². The van der Waals surface area contributed by atoms with Crippen molar-refractivity contribution in [1.82, 2.24) is 5.32 Å². The Balaban J connectivity index is 2.25. The number of hydrogen-bond donors (Lipinski definition) is 1. The van der Waals surface area contributed by atoms with Crippen molar-refractivity contribution in [2.45, 2.75) is 18.4 Å². The Morgan fingerprint density at radius 1 is 1.29 bits per heavy atom. The van der Waals surface area contributed by atoms with E-state index in [0.29, 0.717) is 5.54 Å². The Morgan fingerprint density at radius 2 is 2.14 bits per heavy atom. The Morgan fingerprint density at radius 3 is 2.86 bits per heavy atom. The van der Waals surface area contributed by atoms with Gasteiger partial charge in [-0.1, -0.05) is 12.1 Å². The Kier molecular flexibility index (Phi) is 1.70. The highest BCUT2D eigenvalue weighted by atomic mass is 32.1. The summed E-state index contributed by atoms with van der Waals surface area (Å²) in [6.45, 7) is 0. The van der Waals surface area contributed by atoms with Gasteiger partial charge in [0.2, 0.25) is 0 Å². The molecule has 0 spiro atoms. The van der Waals surface area contributed by atoms with E-state index in [4.69, 9.17) is 0 Å².